The molecule has 94 valence electrons. The van der Waals surface area contributed by atoms with Gasteiger partial charge in [-0.05, 0) is 50.0 Å². The molecule has 0 bridgehead atoms. The van der Waals surface area contributed by atoms with E-state index in [0.29, 0.717) is 23.8 Å². The number of nitrogens with one attached hydrogen (secondary N) is 1. The number of aliphatic hydroxyl groups is 1. The average molecular weight is 225 g/mol. The van der Waals surface area contributed by atoms with Gasteiger partial charge in [-0.2, -0.15) is 0 Å². The van der Waals surface area contributed by atoms with Gasteiger partial charge in [0, 0.05) is 6.04 Å². The van der Waals surface area contributed by atoms with Crippen LogP contribution in [0.1, 0.15) is 52.9 Å². The molecule has 1 aliphatic heterocycles. The maximum absolute atomic E-state index is 11.1. The molecule has 4 unspecified atom stereocenters. The first-order valence-corrected chi connectivity index (χ1v) is 7.00. The standard InChI is InChI=1S/C14H27NO/c1-10(2)12-7-6-11(3)9-14(12,16)13-5-4-8-15-13/h10-13,15-16H,4-9H2,1-3H3. The molecule has 0 radical (unpaired) electrons. The quantitative estimate of drug-likeness (QED) is 0.757. The first kappa shape index (κ1) is 12.4. The fourth-order valence-electron chi connectivity index (χ4n) is 3.95. The molecular weight excluding hydrogens is 198 g/mol. The molecule has 2 fully saturated rings. The zero-order chi connectivity index (χ0) is 11.8. The zero-order valence-electron chi connectivity index (χ0n) is 11.0. The molecule has 16 heavy (non-hydrogen) atoms. The highest BCUT2D eigenvalue weighted by atomic mass is 16.3. The third-order valence-corrected chi connectivity index (χ3v) is 4.76. The Bertz CT molecular complexity index is 235. The molecule has 1 aliphatic carbocycles. The Balaban J connectivity index is 2.16. The Hall–Kier alpha value is -0.0800. The van der Waals surface area contributed by atoms with Gasteiger partial charge in [0.05, 0.1) is 5.60 Å². The van der Waals surface area contributed by atoms with Crippen LogP contribution in [0.15, 0.2) is 0 Å². The largest absolute Gasteiger partial charge is 0.388 e. The molecule has 2 N–H and O–H groups in total. The van der Waals surface area contributed by atoms with E-state index < -0.39 is 5.60 Å². The molecule has 0 aromatic heterocycles. The van der Waals surface area contributed by atoms with Gasteiger partial charge >= 0.3 is 0 Å². The Morgan fingerprint density at radius 1 is 1.25 bits per heavy atom. The normalized spacial score (nSPS) is 45.2. The predicted molar refractivity (Wildman–Crippen MR) is 67.3 cm³/mol. The second-order valence-corrected chi connectivity index (χ2v) is 6.38. The van der Waals surface area contributed by atoms with Crippen molar-refractivity contribution in [1.82, 2.24) is 5.32 Å². The lowest BCUT2D eigenvalue weighted by atomic mass is 9.64. The minimum Gasteiger partial charge on any atom is -0.388 e. The molecule has 1 saturated heterocycles. The summed E-state index contributed by atoms with van der Waals surface area (Å²) in [5.74, 6) is 1.77. The summed E-state index contributed by atoms with van der Waals surface area (Å²) in [7, 11) is 0. The maximum atomic E-state index is 11.1. The van der Waals surface area contributed by atoms with Crippen LogP contribution in [-0.2, 0) is 0 Å². The van der Waals surface area contributed by atoms with Gasteiger partial charge < -0.3 is 10.4 Å². The second-order valence-electron chi connectivity index (χ2n) is 6.38. The molecule has 0 aromatic rings. The van der Waals surface area contributed by atoms with Crippen molar-refractivity contribution in [2.45, 2.75) is 64.5 Å². The van der Waals surface area contributed by atoms with E-state index in [-0.39, 0.29) is 0 Å². The van der Waals surface area contributed by atoms with Gasteiger partial charge in [0.2, 0.25) is 0 Å². The molecule has 0 aromatic carbocycles. The van der Waals surface area contributed by atoms with Crippen LogP contribution in [0.25, 0.3) is 0 Å². The zero-order valence-corrected chi connectivity index (χ0v) is 11.0. The summed E-state index contributed by atoms with van der Waals surface area (Å²) in [4.78, 5) is 0. The summed E-state index contributed by atoms with van der Waals surface area (Å²) in [6.45, 7) is 7.91. The van der Waals surface area contributed by atoms with E-state index in [1.807, 2.05) is 0 Å². The molecule has 2 aliphatic rings. The minimum atomic E-state index is -0.442. The van der Waals surface area contributed by atoms with Gasteiger partial charge in [-0.15, -0.1) is 0 Å². The summed E-state index contributed by atoms with van der Waals surface area (Å²) in [6, 6.07) is 0.350. The van der Waals surface area contributed by atoms with Crippen LogP contribution in [0.5, 0.6) is 0 Å². The topological polar surface area (TPSA) is 32.3 Å². The van der Waals surface area contributed by atoms with Crippen LogP contribution < -0.4 is 5.32 Å². The Kier molecular flexibility index (Phi) is 3.60. The third kappa shape index (κ3) is 2.14. The summed E-state index contributed by atoms with van der Waals surface area (Å²) in [5, 5.41) is 14.6. The van der Waals surface area contributed by atoms with Crippen molar-refractivity contribution in [3.05, 3.63) is 0 Å². The van der Waals surface area contributed by atoms with Gasteiger partial charge in [0.15, 0.2) is 0 Å². The van der Waals surface area contributed by atoms with Crippen LogP contribution in [0.3, 0.4) is 0 Å². The van der Waals surface area contributed by atoms with E-state index >= 15 is 0 Å². The summed E-state index contributed by atoms with van der Waals surface area (Å²) in [5.41, 5.74) is -0.442. The molecule has 2 rings (SSSR count). The lowest BCUT2D eigenvalue weighted by Crippen LogP contribution is -2.57. The van der Waals surface area contributed by atoms with Crippen molar-refractivity contribution in [2.75, 3.05) is 6.54 Å². The van der Waals surface area contributed by atoms with Gasteiger partial charge in [0.1, 0.15) is 0 Å². The Morgan fingerprint density at radius 3 is 2.56 bits per heavy atom. The summed E-state index contributed by atoms with van der Waals surface area (Å²) in [6.07, 6.45) is 5.87. The number of hydrogen-bond acceptors (Lipinski definition) is 2. The number of hydrogen-bond donors (Lipinski definition) is 2. The van der Waals surface area contributed by atoms with Gasteiger partial charge in [-0.3, -0.25) is 0 Å². The van der Waals surface area contributed by atoms with Crippen molar-refractivity contribution in [1.29, 1.82) is 0 Å². The van der Waals surface area contributed by atoms with Crippen molar-refractivity contribution in [3.8, 4) is 0 Å². The SMILES string of the molecule is CC1CCC(C(C)C)C(O)(C2CCCN2)C1. The second kappa shape index (κ2) is 4.66. The van der Waals surface area contributed by atoms with Gasteiger partial charge in [-0.1, -0.05) is 27.2 Å². The van der Waals surface area contributed by atoms with Crippen molar-refractivity contribution >= 4 is 0 Å². The predicted octanol–water partition coefficient (Wildman–Crippen LogP) is 2.56. The smallest absolute Gasteiger partial charge is 0.0832 e. The first-order chi connectivity index (χ1) is 7.54. The van der Waals surface area contributed by atoms with E-state index in [2.05, 4.69) is 26.1 Å². The van der Waals surface area contributed by atoms with Crippen LogP contribution in [0.4, 0.5) is 0 Å². The van der Waals surface area contributed by atoms with E-state index in [9.17, 15) is 5.11 Å². The fourth-order valence-corrected chi connectivity index (χ4v) is 3.95. The Morgan fingerprint density at radius 2 is 2.00 bits per heavy atom. The lowest BCUT2D eigenvalue weighted by molar-refractivity contribution is -0.102. The van der Waals surface area contributed by atoms with E-state index in [0.717, 1.165) is 19.4 Å². The molecule has 0 spiro atoms. The van der Waals surface area contributed by atoms with Crippen molar-refractivity contribution < 1.29 is 5.11 Å². The molecule has 2 nitrogen and oxygen atoms in total. The van der Waals surface area contributed by atoms with Crippen molar-refractivity contribution in [2.24, 2.45) is 17.8 Å². The molecular formula is C14H27NO. The van der Waals surface area contributed by atoms with E-state index in [4.69, 9.17) is 0 Å². The van der Waals surface area contributed by atoms with Crippen LogP contribution >= 0.6 is 0 Å². The summed E-state index contributed by atoms with van der Waals surface area (Å²) >= 11 is 0. The molecule has 2 heteroatoms. The number of rotatable bonds is 2. The minimum absolute atomic E-state index is 0.350. The lowest BCUT2D eigenvalue weighted by Gasteiger charge is -2.48. The van der Waals surface area contributed by atoms with Crippen molar-refractivity contribution in [3.63, 3.8) is 0 Å². The Labute approximate surface area is 99.8 Å². The van der Waals surface area contributed by atoms with Gasteiger partial charge in [-0.25, -0.2) is 0 Å². The van der Waals surface area contributed by atoms with Crippen LogP contribution in [0.2, 0.25) is 0 Å². The summed E-state index contributed by atoms with van der Waals surface area (Å²) < 4.78 is 0. The van der Waals surface area contributed by atoms with E-state index in [1.165, 1.54) is 19.3 Å². The highest BCUT2D eigenvalue weighted by Gasteiger charge is 2.48. The third-order valence-electron chi connectivity index (χ3n) is 4.76. The highest BCUT2D eigenvalue weighted by molar-refractivity contribution is 5.02. The molecule has 0 amide bonds. The first-order valence-electron chi connectivity index (χ1n) is 7.00. The molecule has 1 saturated carbocycles. The maximum Gasteiger partial charge on any atom is 0.0832 e. The van der Waals surface area contributed by atoms with Crippen LogP contribution in [-0.4, -0.2) is 23.3 Å². The molecule has 1 heterocycles. The monoisotopic (exact) mass is 225 g/mol. The highest BCUT2D eigenvalue weighted by Crippen LogP contribution is 2.44. The molecule has 4 atom stereocenters. The van der Waals surface area contributed by atoms with E-state index in [1.54, 1.807) is 0 Å². The average Bonchev–Trinajstić information content (AvgIpc) is 2.69. The van der Waals surface area contributed by atoms with Gasteiger partial charge in [0.25, 0.3) is 0 Å². The van der Waals surface area contributed by atoms with Crippen LogP contribution in [0, 0.1) is 17.8 Å². The fraction of sp³-hybridized carbons (Fsp3) is 1.00.